The van der Waals surface area contributed by atoms with Gasteiger partial charge in [0.25, 0.3) is 5.69 Å². The second-order valence-electron chi connectivity index (χ2n) is 6.01. The summed E-state index contributed by atoms with van der Waals surface area (Å²) in [5.41, 5.74) is -0.212. The maximum absolute atomic E-state index is 13.1. The summed E-state index contributed by atoms with van der Waals surface area (Å²) in [7, 11) is -2.84. The van der Waals surface area contributed by atoms with Gasteiger partial charge in [-0.3, -0.25) is 14.9 Å². The van der Waals surface area contributed by atoms with Crippen LogP contribution in [0.15, 0.2) is 41.8 Å². The molecule has 0 fully saturated rings. The van der Waals surface area contributed by atoms with E-state index in [0.29, 0.717) is 12.8 Å². The number of sulfonamides is 1. The first-order valence-electron chi connectivity index (χ1n) is 8.11. The summed E-state index contributed by atoms with van der Waals surface area (Å²) in [6, 6.07) is 3.59. The zero-order chi connectivity index (χ0) is 19.9. The van der Waals surface area contributed by atoms with E-state index in [1.807, 2.05) is 0 Å². The first-order valence-corrected chi connectivity index (χ1v) is 9.55. The van der Waals surface area contributed by atoms with Gasteiger partial charge in [0.05, 0.1) is 16.9 Å². The molecule has 1 aromatic rings. The number of allylic oxidation sites excluding steroid dienone is 1. The molecule has 144 valence electrons. The van der Waals surface area contributed by atoms with Gasteiger partial charge in [-0.05, 0) is 30.9 Å². The van der Waals surface area contributed by atoms with Crippen molar-refractivity contribution in [3.8, 4) is 0 Å². The number of hydrogen-bond acceptors (Lipinski definition) is 6. The van der Waals surface area contributed by atoms with Crippen LogP contribution in [0.3, 0.4) is 0 Å². The van der Waals surface area contributed by atoms with Gasteiger partial charge in [-0.2, -0.15) is 4.31 Å². The lowest BCUT2D eigenvalue weighted by Gasteiger charge is -2.31. The number of carbonyl (C=O) groups is 1. The first-order chi connectivity index (χ1) is 12.2. The fraction of sp³-hybridized carbons (Fsp3) is 0.471. The van der Waals surface area contributed by atoms with Crippen LogP contribution in [0.4, 0.5) is 5.69 Å². The Morgan fingerprint density at radius 2 is 1.92 bits per heavy atom. The van der Waals surface area contributed by atoms with Gasteiger partial charge in [0, 0.05) is 18.7 Å². The number of methoxy groups -OCH3 is 1. The van der Waals surface area contributed by atoms with Gasteiger partial charge >= 0.3 is 5.97 Å². The van der Waals surface area contributed by atoms with Crippen molar-refractivity contribution in [2.24, 2.45) is 5.92 Å². The standard InChI is InChI=1S/C17H24N2O6S/c1-5-6-7-12-18(16(13(2)3)17(20)25-4)26(23,24)15-10-8-14(9-11-15)19(21)22/h5,8-11,13,16H,1,6-7,12H2,2-4H3/t16-/m0/s1. The molecule has 0 saturated carbocycles. The molecular formula is C17H24N2O6S. The molecule has 26 heavy (non-hydrogen) atoms. The molecule has 0 radical (unpaired) electrons. The van der Waals surface area contributed by atoms with E-state index >= 15 is 0 Å². The fourth-order valence-electron chi connectivity index (χ4n) is 2.52. The van der Waals surface area contributed by atoms with Gasteiger partial charge in [0.1, 0.15) is 6.04 Å². The number of esters is 1. The van der Waals surface area contributed by atoms with E-state index in [4.69, 9.17) is 4.74 Å². The Morgan fingerprint density at radius 3 is 2.35 bits per heavy atom. The molecule has 0 aliphatic rings. The predicted octanol–water partition coefficient (Wildman–Crippen LogP) is 2.75. The van der Waals surface area contributed by atoms with Gasteiger partial charge in [0.15, 0.2) is 0 Å². The highest BCUT2D eigenvalue weighted by Crippen LogP contribution is 2.25. The Morgan fingerprint density at radius 1 is 1.35 bits per heavy atom. The minimum Gasteiger partial charge on any atom is -0.468 e. The summed E-state index contributed by atoms with van der Waals surface area (Å²) in [4.78, 5) is 22.3. The van der Waals surface area contributed by atoms with Gasteiger partial charge in [-0.25, -0.2) is 8.42 Å². The van der Waals surface area contributed by atoms with Crippen molar-refractivity contribution in [1.29, 1.82) is 0 Å². The van der Waals surface area contributed by atoms with Crippen LogP contribution in [-0.4, -0.2) is 43.3 Å². The molecule has 8 nitrogen and oxygen atoms in total. The average Bonchev–Trinajstić information content (AvgIpc) is 2.60. The SMILES string of the molecule is C=CCCCN([C@H](C(=O)OC)C(C)C)S(=O)(=O)c1ccc([N+](=O)[O-])cc1. The van der Waals surface area contributed by atoms with Crippen molar-refractivity contribution >= 4 is 21.7 Å². The van der Waals surface area contributed by atoms with Crippen molar-refractivity contribution in [3.63, 3.8) is 0 Å². The van der Waals surface area contributed by atoms with Crippen LogP contribution in [0, 0.1) is 16.0 Å². The summed E-state index contributed by atoms with van der Waals surface area (Å²) in [6.45, 7) is 7.17. The maximum atomic E-state index is 13.1. The lowest BCUT2D eigenvalue weighted by molar-refractivity contribution is -0.384. The number of nitrogens with zero attached hydrogens (tertiary/aromatic N) is 2. The number of nitro benzene ring substituents is 1. The van der Waals surface area contributed by atoms with Gasteiger partial charge < -0.3 is 4.74 Å². The van der Waals surface area contributed by atoms with E-state index in [1.165, 1.54) is 19.2 Å². The third-order valence-electron chi connectivity index (χ3n) is 3.83. The van der Waals surface area contributed by atoms with Crippen LogP contribution < -0.4 is 0 Å². The zero-order valence-electron chi connectivity index (χ0n) is 15.1. The predicted molar refractivity (Wildman–Crippen MR) is 97.1 cm³/mol. The Hall–Kier alpha value is -2.26. The molecule has 0 bridgehead atoms. The summed E-state index contributed by atoms with van der Waals surface area (Å²) in [5.74, 6) is -0.969. The molecule has 0 aliphatic carbocycles. The maximum Gasteiger partial charge on any atom is 0.324 e. The van der Waals surface area contributed by atoms with Crippen LogP contribution in [-0.2, 0) is 19.6 Å². The highest BCUT2D eigenvalue weighted by molar-refractivity contribution is 7.89. The zero-order valence-corrected chi connectivity index (χ0v) is 15.9. The highest BCUT2D eigenvalue weighted by Gasteiger charge is 2.38. The molecule has 0 heterocycles. The molecule has 1 rings (SSSR count). The molecular weight excluding hydrogens is 360 g/mol. The number of nitro groups is 1. The summed E-state index contributed by atoms with van der Waals surface area (Å²) < 4.78 is 32.1. The monoisotopic (exact) mass is 384 g/mol. The Labute approximate surface area is 153 Å². The Balaban J connectivity index is 3.35. The third-order valence-corrected chi connectivity index (χ3v) is 5.72. The topological polar surface area (TPSA) is 107 Å². The van der Waals surface area contributed by atoms with E-state index < -0.39 is 27.0 Å². The second-order valence-corrected chi connectivity index (χ2v) is 7.90. The van der Waals surface area contributed by atoms with E-state index in [-0.39, 0.29) is 23.0 Å². The second kappa shape index (κ2) is 9.44. The number of rotatable bonds is 10. The molecule has 0 aromatic heterocycles. The Bertz CT molecular complexity index is 743. The molecule has 0 aliphatic heterocycles. The van der Waals surface area contributed by atoms with Gasteiger partial charge in [-0.15, -0.1) is 6.58 Å². The minimum atomic E-state index is -4.05. The Kier molecular flexibility index (Phi) is 7.91. The number of non-ortho nitro benzene ring substituents is 1. The molecule has 1 atom stereocenters. The molecule has 1 aromatic carbocycles. The van der Waals surface area contributed by atoms with Crippen LogP contribution in [0.5, 0.6) is 0 Å². The fourth-order valence-corrected chi connectivity index (χ4v) is 4.27. The third kappa shape index (κ3) is 5.12. The van der Waals surface area contributed by atoms with E-state index in [1.54, 1.807) is 19.9 Å². The van der Waals surface area contributed by atoms with Crippen LogP contribution in [0.1, 0.15) is 26.7 Å². The number of ether oxygens (including phenoxy) is 1. The number of carbonyl (C=O) groups excluding carboxylic acids is 1. The van der Waals surface area contributed by atoms with Crippen LogP contribution >= 0.6 is 0 Å². The number of benzene rings is 1. The van der Waals surface area contributed by atoms with Gasteiger partial charge in [0.2, 0.25) is 10.0 Å². The molecule has 0 spiro atoms. The van der Waals surface area contributed by atoms with Crippen molar-refractivity contribution in [2.75, 3.05) is 13.7 Å². The lowest BCUT2D eigenvalue weighted by Crippen LogP contribution is -2.48. The summed E-state index contributed by atoms with van der Waals surface area (Å²) >= 11 is 0. The largest absolute Gasteiger partial charge is 0.468 e. The van der Waals surface area contributed by atoms with Gasteiger partial charge in [-0.1, -0.05) is 19.9 Å². The van der Waals surface area contributed by atoms with E-state index in [9.17, 15) is 23.3 Å². The molecule has 0 amide bonds. The molecule has 0 N–H and O–H groups in total. The van der Waals surface area contributed by atoms with E-state index in [2.05, 4.69) is 6.58 Å². The van der Waals surface area contributed by atoms with E-state index in [0.717, 1.165) is 16.4 Å². The minimum absolute atomic E-state index is 0.100. The quantitative estimate of drug-likeness (QED) is 0.202. The summed E-state index contributed by atoms with van der Waals surface area (Å²) in [5, 5.41) is 10.8. The molecule has 0 unspecified atom stereocenters. The van der Waals surface area contributed by atoms with Crippen LogP contribution in [0.25, 0.3) is 0 Å². The van der Waals surface area contributed by atoms with Crippen molar-refractivity contribution in [3.05, 3.63) is 47.0 Å². The first kappa shape index (κ1) is 21.8. The normalized spacial score (nSPS) is 12.8. The molecule has 9 heteroatoms. The van der Waals surface area contributed by atoms with Crippen molar-refractivity contribution < 1.29 is 22.9 Å². The number of unbranched alkanes of at least 4 members (excludes halogenated alkanes) is 1. The lowest BCUT2D eigenvalue weighted by atomic mass is 10.0. The van der Waals surface area contributed by atoms with Crippen molar-refractivity contribution in [2.45, 2.75) is 37.6 Å². The molecule has 0 saturated heterocycles. The summed E-state index contributed by atoms with van der Waals surface area (Å²) in [6.07, 6.45) is 2.73. The van der Waals surface area contributed by atoms with Crippen molar-refractivity contribution in [1.82, 2.24) is 4.31 Å². The van der Waals surface area contributed by atoms with Crippen LogP contribution in [0.2, 0.25) is 0 Å². The highest BCUT2D eigenvalue weighted by atomic mass is 32.2. The number of hydrogen-bond donors (Lipinski definition) is 0. The average molecular weight is 384 g/mol. The smallest absolute Gasteiger partial charge is 0.324 e.